The van der Waals surface area contributed by atoms with Crippen molar-refractivity contribution in [2.45, 2.75) is 51.3 Å². The van der Waals surface area contributed by atoms with Gasteiger partial charge in [-0.15, -0.1) is 0 Å². The van der Waals surface area contributed by atoms with Gasteiger partial charge in [-0.3, -0.25) is 4.79 Å². The van der Waals surface area contributed by atoms with E-state index in [0.717, 1.165) is 12.8 Å². The van der Waals surface area contributed by atoms with E-state index in [2.05, 4.69) is 48.4 Å². The second kappa shape index (κ2) is 5.15. The lowest BCUT2D eigenvalue weighted by atomic mass is 9.80. The molecule has 0 aliphatic rings. The fraction of sp³-hybridized carbons (Fsp3) is 0.909. The molecule has 84 valence electrons. The fourth-order valence-electron chi connectivity index (χ4n) is 1.65. The fourth-order valence-corrected chi connectivity index (χ4v) is 2.41. The maximum Gasteiger partial charge on any atom is 0.306 e. The van der Waals surface area contributed by atoms with E-state index < -0.39 is 0 Å². The van der Waals surface area contributed by atoms with E-state index in [1.807, 2.05) is 0 Å². The van der Waals surface area contributed by atoms with Crippen LogP contribution in [0.3, 0.4) is 0 Å². The van der Waals surface area contributed by atoms with E-state index in [4.69, 9.17) is 0 Å². The standard InChI is InChI=1S/C11H21BrO2/c1-6-11(4,12)8-10(2,3)7-9(13)14-5/h6-8H2,1-5H3. The molecule has 0 spiro atoms. The largest absolute Gasteiger partial charge is 0.469 e. The first-order valence-electron chi connectivity index (χ1n) is 4.98. The van der Waals surface area contributed by atoms with Gasteiger partial charge in [0.15, 0.2) is 0 Å². The molecule has 0 saturated heterocycles. The molecule has 0 heterocycles. The highest BCUT2D eigenvalue weighted by Gasteiger charge is 2.31. The van der Waals surface area contributed by atoms with E-state index in [1.54, 1.807) is 0 Å². The van der Waals surface area contributed by atoms with Crippen molar-refractivity contribution in [3.8, 4) is 0 Å². The molecule has 14 heavy (non-hydrogen) atoms. The minimum absolute atomic E-state index is 0.0125. The van der Waals surface area contributed by atoms with Gasteiger partial charge in [0.05, 0.1) is 13.5 Å². The number of hydrogen-bond acceptors (Lipinski definition) is 2. The summed E-state index contributed by atoms with van der Waals surface area (Å²) in [5.41, 5.74) is -0.0125. The highest BCUT2D eigenvalue weighted by Crippen LogP contribution is 2.38. The molecule has 0 rings (SSSR count). The molecule has 1 atom stereocenters. The molecule has 2 nitrogen and oxygen atoms in total. The van der Waals surface area contributed by atoms with Gasteiger partial charge in [0.25, 0.3) is 0 Å². The number of rotatable bonds is 5. The summed E-state index contributed by atoms with van der Waals surface area (Å²) in [6.07, 6.45) is 2.49. The highest BCUT2D eigenvalue weighted by atomic mass is 79.9. The molecule has 0 aromatic carbocycles. The normalized spacial score (nSPS) is 16.1. The zero-order valence-electron chi connectivity index (χ0n) is 9.82. The Kier molecular flexibility index (Phi) is 5.13. The van der Waals surface area contributed by atoms with Crippen molar-refractivity contribution in [3.63, 3.8) is 0 Å². The molecule has 0 aliphatic heterocycles. The SMILES string of the molecule is CCC(C)(Br)CC(C)(C)CC(=O)OC. The van der Waals surface area contributed by atoms with E-state index in [1.165, 1.54) is 7.11 Å². The molecule has 3 heteroatoms. The van der Waals surface area contributed by atoms with Crippen LogP contribution in [-0.2, 0) is 9.53 Å². The first-order chi connectivity index (χ1) is 6.22. The van der Waals surface area contributed by atoms with E-state index in [0.29, 0.717) is 6.42 Å². The summed E-state index contributed by atoms with van der Waals surface area (Å²) in [7, 11) is 1.44. The topological polar surface area (TPSA) is 26.3 Å². The summed E-state index contributed by atoms with van der Waals surface area (Å²) in [6.45, 7) is 8.49. The van der Waals surface area contributed by atoms with Crippen LogP contribution in [-0.4, -0.2) is 17.4 Å². The molecular weight excluding hydrogens is 244 g/mol. The summed E-state index contributed by atoms with van der Waals surface area (Å²) in [6, 6.07) is 0. The molecule has 0 fully saturated rings. The lowest BCUT2D eigenvalue weighted by Gasteiger charge is -2.32. The highest BCUT2D eigenvalue weighted by molar-refractivity contribution is 9.10. The van der Waals surface area contributed by atoms with Crippen molar-refractivity contribution in [1.29, 1.82) is 0 Å². The van der Waals surface area contributed by atoms with Crippen LogP contribution in [0.1, 0.15) is 47.0 Å². The Bertz CT molecular complexity index is 197. The lowest BCUT2D eigenvalue weighted by Crippen LogP contribution is -2.27. The molecule has 1 unspecified atom stereocenters. The summed E-state index contributed by atoms with van der Waals surface area (Å²) in [5, 5.41) is 0. The zero-order valence-corrected chi connectivity index (χ0v) is 11.4. The Balaban J connectivity index is 4.26. The van der Waals surface area contributed by atoms with Crippen molar-refractivity contribution in [2.75, 3.05) is 7.11 Å². The second-order valence-electron chi connectivity index (χ2n) is 4.86. The molecule has 0 radical (unpaired) electrons. The predicted molar refractivity (Wildman–Crippen MR) is 62.7 cm³/mol. The smallest absolute Gasteiger partial charge is 0.306 e. The monoisotopic (exact) mass is 264 g/mol. The number of halogens is 1. The molecule has 0 saturated carbocycles. The Morgan fingerprint density at radius 2 is 1.86 bits per heavy atom. The van der Waals surface area contributed by atoms with E-state index in [-0.39, 0.29) is 15.7 Å². The number of hydrogen-bond donors (Lipinski definition) is 0. The van der Waals surface area contributed by atoms with Crippen LogP contribution in [0.5, 0.6) is 0 Å². The van der Waals surface area contributed by atoms with E-state index >= 15 is 0 Å². The van der Waals surface area contributed by atoms with Crippen molar-refractivity contribution in [1.82, 2.24) is 0 Å². The number of methoxy groups -OCH3 is 1. The Morgan fingerprint density at radius 3 is 2.21 bits per heavy atom. The summed E-state index contributed by atoms with van der Waals surface area (Å²) in [5.74, 6) is -0.130. The van der Waals surface area contributed by atoms with Gasteiger partial charge in [-0.2, -0.15) is 0 Å². The van der Waals surface area contributed by atoms with Gasteiger partial charge in [0, 0.05) is 4.32 Å². The Hall–Kier alpha value is -0.0500. The molecule has 0 aliphatic carbocycles. The van der Waals surface area contributed by atoms with Gasteiger partial charge in [-0.1, -0.05) is 36.7 Å². The lowest BCUT2D eigenvalue weighted by molar-refractivity contribution is -0.143. The van der Waals surface area contributed by atoms with Crippen LogP contribution in [0, 0.1) is 5.41 Å². The van der Waals surface area contributed by atoms with Crippen molar-refractivity contribution in [3.05, 3.63) is 0 Å². The van der Waals surface area contributed by atoms with Gasteiger partial charge in [0.1, 0.15) is 0 Å². The predicted octanol–water partition coefficient (Wildman–Crippen LogP) is 3.53. The quantitative estimate of drug-likeness (QED) is 0.561. The van der Waals surface area contributed by atoms with Crippen molar-refractivity contribution in [2.24, 2.45) is 5.41 Å². The van der Waals surface area contributed by atoms with Crippen LogP contribution in [0.2, 0.25) is 0 Å². The first-order valence-corrected chi connectivity index (χ1v) is 5.77. The number of carbonyl (C=O) groups is 1. The summed E-state index contributed by atoms with van der Waals surface area (Å²) >= 11 is 3.68. The van der Waals surface area contributed by atoms with Crippen LogP contribution < -0.4 is 0 Å². The van der Waals surface area contributed by atoms with Gasteiger partial charge in [0.2, 0.25) is 0 Å². The van der Waals surface area contributed by atoms with Gasteiger partial charge in [-0.05, 0) is 25.2 Å². The molecule has 0 bridgehead atoms. The van der Waals surface area contributed by atoms with Crippen LogP contribution >= 0.6 is 15.9 Å². The number of esters is 1. The average molecular weight is 265 g/mol. The molecular formula is C11H21BrO2. The van der Waals surface area contributed by atoms with Crippen LogP contribution in [0.15, 0.2) is 0 Å². The molecule has 0 aromatic rings. The zero-order chi connectivity index (χ0) is 11.4. The second-order valence-corrected chi connectivity index (χ2v) is 6.78. The summed E-state index contributed by atoms with van der Waals surface area (Å²) in [4.78, 5) is 11.2. The Morgan fingerprint density at radius 1 is 1.36 bits per heavy atom. The van der Waals surface area contributed by atoms with Crippen molar-refractivity contribution >= 4 is 21.9 Å². The first kappa shape index (κ1) is 13.9. The third-order valence-corrected chi connectivity index (χ3v) is 3.28. The molecule has 0 aromatic heterocycles. The van der Waals surface area contributed by atoms with Crippen molar-refractivity contribution < 1.29 is 9.53 Å². The number of alkyl halides is 1. The third-order valence-electron chi connectivity index (χ3n) is 2.43. The molecule has 0 amide bonds. The number of ether oxygens (including phenoxy) is 1. The van der Waals surface area contributed by atoms with Gasteiger partial charge < -0.3 is 4.74 Å². The van der Waals surface area contributed by atoms with Crippen LogP contribution in [0.25, 0.3) is 0 Å². The Labute approximate surface area is 95.5 Å². The minimum atomic E-state index is -0.130. The summed E-state index contributed by atoms with van der Waals surface area (Å²) < 4.78 is 4.80. The maximum absolute atomic E-state index is 11.2. The third kappa shape index (κ3) is 5.63. The van der Waals surface area contributed by atoms with Gasteiger partial charge in [-0.25, -0.2) is 0 Å². The van der Waals surface area contributed by atoms with E-state index in [9.17, 15) is 4.79 Å². The van der Waals surface area contributed by atoms with Gasteiger partial charge >= 0.3 is 5.97 Å². The average Bonchev–Trinajstić information content (AvgIpc) is 2.01. The molecule has 0 N–H and O–H groups in total. The number of carbonyl (C=O) groups excluding carboxylic acids is 1. The minimum Gasteiger partial charge on any atom is -0.469 e. The van der Waals surface area contributed by atoms with Crippen LogP contribution in [0.4, 0.5) is 0 Å². The maximum atomic E-state index is 11.2.